The number of fused-ring (bicyclic) bond motifs is 4. The Hall–Kier alpha value is -3.05. The predicted molar refractivity (Wildman–Crippen MR) is 166 cm³/mol. The van der Waals surface area contributed by atoms with Gasteiger partial charge in [-0.1, -0.05) is 44.2 Å². The molecule has 45 heavy (non-hydrogen) atoms. The number of esters is 2. The average Bonchev–Trinajstić information content (AvgIpc) is 3.86. The number of methoxy groups -OCH3 is 1. The van der Waals surface area contributed by atoms with Gasteiger partial charge in [-0.3, -0.25) is 4.79 Å². The van der Waals surface area contributed by atoms with Gasteiger partial charge >= 0.3 is 11.9 Å². The normalized spacial score (nSPS) is 38.0. The molecule has 0 amide bonds. The summed E-state index contributed by atoms with van der Waals surface area (Å²) in [6.07, 6.45) is 11.7. The molecule has 3 saturated heterocycles. The number of nitrogens with zero attached hydrogens (tertiary/aromatic N) is 1. The van der Waals surface area contributed by atoms with Gasteiger partial charge in [0.2, 0.25) is 0 Å². The van der Waals surface area contributed by atoms with Crippen LogP contribution in [0.1, 0.15) is 71.9 Å². The van der Waals surface area contributed by atoms with Crippen molar-refractivity contribution in [3.8, 4) is 0 Å². The van der Waals surface area contributed by atoms with Gasteiger partial charge in [-0.05, 0) is 56.8 Å². The fraction of sp³-hybridized carbons (Fsp3) is 0.629. The average molecular weight is 626 g/mol. The van der Waals surface area contributed by atoms with Crippen LogP contribution >= 0.6 is 0 Å². The Labute approximate surface area is 265 Å². The second-order valence-electron chi connectivity index (χ2n) is 13.3. The molecule has 10 nitrogen and oxygen atoms in total. The third kappa shape index (κ3) is 8.03. The molecule has 11 atom stereocenters. The number of aryl methyl sites for hydroxylation is 1. The first kappa shape index (κ1) is 33.3. The molecule has 0 spiro atoms. The van der Waals surface area contributed by atoms with E-state index in [0.717, 1.165) is 16.8 Å². The maximum Gasteiger partial charge on any atom is 0.338 e. The van der Waals surface area contributed by atoms with E-state index in [2.05, 4.69) is 4.98 Å². The zero-order chi connectivity index (χ0) is 32.5. The fourth-order valence-electron chi connectivity index (χ4n) is 6.64. The molecule has 4 aliphatic rings. The third-order valence-electron chi connectivity index (χ3n) is 9.63. The standard InChI is InChI=1S/C35H47NO9/c1-19(13-25-18-41-23(5)36-25)9-8-10-21(3)32(40-7)22(4)27-17-29(37)35(6)30(45-35)12-11-20(2)26-14-24(16-31(38)42-26)15-28-33(43-28)34(39)44-27/h8-13,18,20,22,24,26-30,32-33,37H,14-17H2,1-7H3/b9-8-,12-11-,19-13-,21-10+/t20-,22-,24-,26-,27-,28+,29-,30-,32-,33+,35+/m0/s1. The summed E-state index contributed by atoms with van der Waals surface area (Å²) in [6.45, 7) is 11.6. The van der Waals surface area contributed by atoms with E-state index in [9.17, 15) is 14.7 Å². The monoisotopic (exact) mass is 625 g/mol. The number of allylic oxidation sites excluding steroid dienone is 4. The molecule has 0 radical (unpaired) electrons. The van der Waals surface area contributed by atoms with Crippen LogP contribution in [-0.2, 0) is 33.3 Å². The predicted octanol–water partition coefficient (Wildman–Crippen LogP) is 5.05. The number of ether oxygens (including phenoxy) is 5. The summed E-state index contributed by atoms with van der Waals surface area (Å²) >= 11 is 0. The maximum absolute atomic E-state index is 13.4. The Balaban J connectivity index is 1.33. The van der Waals surface area contributed by atoms with Gasteiger partial charge in [0, 0.05) is 38.7 Å². The van der Waals surface area contributed by atoms with Crippen molar-refractivity contribution in [3.05, 3.63) is 59.4 Å². The molecule has 246 valence electrons. The van der Waals surface area contributed by atoms with E-state index < -0.39 is 36.0 Å². The van der Waals surface area contributed by atoms with Gasteiger partial charge in [0.25, 0.3) is 0 Å². The van der Waals surface area contributed by atoms with E-state index in [1.54, 1.807) is 20.3 Å². The fourth-order valence-corrected chi connectivity index (χ4v) is 6.64. The number of oxazole rings is 1. The summed E-state index contributed by atoms with van der Waals surface area (Å²) in [4.78, 5) is 30.1. The lowest BCUT2D eigenvalue weighted by molar-refractivity contribution is -0.159. The molecule has 0 unspecified atom stereocenters. The van der Waals surface area contributed by atoms with Crippen LogP contribution in [0, 0.1) is 24.7 Å². The van der Waals surface area contributed by atoms with Crippen LogP contribution in [0.4, 0.5) is 0 Å². The van der Waals surface area contributed by atoms with Crippen molar-refractivity contribution in [1.82, 2.24) is 4.98 Å². The molecule has 4 aliphatic heterocycles. The molecular weight excluding hydrogens is 578 g/mol. The number of cyclic esters (lactones) is 1. The maximum atomic E-state index is 13.4. The highest BCUT2D eigenvalue weighted by molar-refractivity contribution is 5.78. The van der Waals surface area contributed by atoms with Crippen LogP contribution in [0.2, 0.25) is 0 Å². The Morgan fingerprint density at radius 2 is 1.91 bits per heavy atom. The molecule has 10 heteroatoms. The first-order valence-electron chi connectivity index (χ1n) is 16.0. The van der Waals surface area contributed by atoms with Crippen molar-refractivity contribution in [1.29, 1.82) is 0 Å². The van der Waals surface area contributed by atoms with Gasteiger partial charge in [-0.2, -0.15) is 0 Å². The van der Waals surface area contributed by atoms with E-state index in [1.165, 1.54) is 0 Å². The molecule has 2 bridgehead atoms. The van der Waals surface area contributed by atoms with E-state index in [1.807, 2.05) is 71.1 Å². The van der Waals surface area contributed by atoms with Crippen molar-refractivity contribution in [2.24, 2.45) is 17.8 Å². The van der Waals surface area contributed by atoms with E-state index >= 15 is 0 Å². The number of aliphatic hydroxyl groups is 1. The Morgan fingerprint density at radius 1 is 1.16 bits per heavy atom. The minimum Gasteiger partial charge on any atom is -0.462 e. The molecule has 1 aromatic heterocycles. The molecule has 5 rings (SSSR count). The number of rotatable bonds is 7. The third-order valence-corrected chi connectivity index (χ3v) is 9.63. The number of epoxide rings is 2. The van der Waals surface area contributed by atoms with Crippen molar-refractivity contribution < 1.29 is 42.8 Å². The lowest BCUT2D eigenvalue weighted by Crippen LogP contribution is -2.42. The molecule has 3 fully saturated rings. The van der Waals surface area contributed by atoms with Gasteiger partial charge < -0.3 is 33.2 Å². The SMILES string of the molecule is CO[C@@H](/C(C)=C/C=C\C(C)=C/c1coc(C)n1)[C@@H](C)[C@@H]1C[C@H](O)[C@@]2(C)O[C@H]2/C=C\[C@H](C)[C@@H]2C[C@H](CC(=O)O2)C[C@H]2O[C@H]2C(=O)O1. The highest BCUT2D eigenvalue weighted by Gasteiger charge is 2.57. The molecule has 1 aromatic rings. The smallest absolute Gasteiger partial charge is 0.338 e. The van der Waals surface area contributed by atoms with E-state index in [0.29, 0.717) is 25.2 Å². The van der Waals surface area contributed by atoms with Crippen molar-refractivity contribution in [2.75, 3.05) is 7.11 Å². The number of aliphatic hydroxyl groups excluding tert-OH is 1. The van der Waals surface area contributed by atoms with Crippen molar-refractivity contribution >= 4 is 18.0 Å². The number of aromatic nitrogens is 1. The first-order valence-corrected chi connectivity index (χ1v) is 16.0. The molecule has 0 aliphatic carbocycles. The van der Waals surface area contributed by atoms with Gasteiger partial charge in [0.15, 0.2) is 12.0 Å². The van der Waals surface area contributed by atoms with Crippen LogP contribution in [0.15, 0.2) is 52.2 Å². The second-order valence-corrected chi connectivity index (χ2v) is 13.3. The topological polar surface area (TPSA) is 133 Å². The van der Waals surface area contributed by atoms with Gasteiger partial charge in [0.1, 0.15) is 35.9 Å². The molecular formula is C35H47NO9. The highest BCUT2D eigenvalue weighted by atomic mass is 16.6. The largest absolute Gasteiger partial charge is 0.462 e. The quantitative estimate of drug-likeness (QED) is 0.190. The zero-order valence-corrected chi connectivity index (χ0v) is 27.3. The molecule has 0 aromatic carbocycles. The summed E-state index contributed by atoms with van der Waals surface area (Å²) in [5.41, 5.74) is 1.86. The van der Waals surface area contributed by atoms with Crippen LogP contribution in [0.5, 0.6) is 0 Å². The van der Waals surface area contributed by atoms with Crippen LogP contribution in [0.25, 0.3) is 6.08 Å². The molecule has 0 saturated carbocycles. The Morgan fingerprint density at radius 3 is 2.62 bits per heavy atom. The second kappa shape index (κ2) is 13.7. The van der Waals surface area contributed by atoms with Gasteiger partial charge in [-0.15, -0.1) is 0 Å². The number of carbonyl (C=O) groups excluding carboxylic acids is 2. The Kier molecular flexibility index (Phi) is 10.2. The summed E-state index contributed by atoms with van der Waals surface area (Å²) in [5, 5.41) is 11.4. The highest BCUT2D eigenvalue weighted by Crippen LogP contribution is 2.44. The lowest BCUT2D eigenvalue weighted by atomic mass is 9.84. The zero-order valence-electron chi connectivity index (χ0n) is 27.3. The van der Waals surface area contributed by atoms with Crippen molar-refractivity contribution in [2.45, 2.75) is 116 Å². The minimum atomic E-state index is -0.905. The van der Waals surface area contributed by atoms with Crippen molar-refractivity contribution in [3.63, 3.8) is 0 Å². The summed E-state index contributed by atoms with van der Waals surface area (Å²) in [6, 6.07) is 0. The number of hydrogen-bond donors (Lipinski definition) is 1. The lowest BCUT2D eigenvalue weighted by Gasteiger charge is -2.33. The number of hydrogen-bond acceptors (Lipinski definition) is 10. The van der Waals surface area contributed by atoms with E-state index in [4.69, 9.17) is 28.1 Å². The summed E-state index contributed by atoms with van der Waals surface area (Å²) < 4.78 is 34.7. The molecule has 1 N–H and O–H groups in total. The van der Waals surface area contributed by atoms with Crippen LogP contribution in [0.3, 0.4) is 0 Å². The molecule has 5 heterocycles. The van der Waals surface area contributed by atoms with Gasteiger partial charge in [0.05, 0.1) is 18.3 Å². The summed E-state index contributed by atoms with van der Waals surface area (Å²) in [7, 11) is 1.63. The first-order chi connectivity index (χ1) is 21.4. The van der Waals surface area contributed by atoms with Gasteiger partial charge in [-0.25, -0.2) is 9.78 Å². The van der Waals surface area contributed by atoms with Crippen LogP contribution < -0.4 is 0 Å². The van der Waals surface area contributed by atoms with Crippen LogP contribution in [-0.4, -0.2) is 77.5 Å². The number of carbonyl (C=O) groups is 2. The minimum absolute atomic E-state index is 0.0130. The summed E-state index contributed by atoms with van der Waals surface area (Å²) in [5.74, 6) is -0.316. The van der Waals surface area contributed by atoms with E-state index in [-0.39, 0.29) is 48.5 Å². The Bertz CT molecular complexity index is 1360.